The van der Waals surface area contributed by atoms with Crippen molar-refractivity contribution in [3.05, 3.63) is 58.6 Å². The SMILES string of the molecule is O=C(O)c1cc2nc(-c3ccc4c(=O)[nH]ncc4c3)ccc2[nH]1. The summed E-state index contributed by atoms with van der Waals surface area (Å²) in [6, 6.07) is 10.4. The van der Waals surface area contributed by atoms with Crippen LogP contribution in [0, 0.1) is 0 Å². The number of aromatic amines is 2. The van der Waals surface area contributed by atoms with Crippen LogP contribution in [0.25, 0.3) is 33.1 Å². The average molecular weight is 306 g/mol. The average Bonchev–Trinajstić information content (AvgIpc) is 2.98. The molecule has 7 heteroatoms. The summed E-state index contributed by atoms with van der Waals surface area (Å²) < 4.78 is 0. The highest BCUT2D eigenvalue weighted by Crippen LogP contribution is 2.24. The molecule has 3 heterocycles. The van der Waals surface area contributed by atoms with E-state index in [-0.39, 0.29) is 11.3 Å². The molecule has 7 nitrogen and oxygen atoms in total. The van der Waals surface area contributed by atoms with Gasteiger partial charge < -0.3 is 10.1 Å². The minimum Gasteiger partial charge on any atom is -0.477 e. The van der Waals surface area contributed by atoms with Crippen molar-refractivity contribution < 1.29 is 9.90 Å². The number of nitrogens with one attached hydrogen (secondary N) is 2. The molecule has 1 aromatic carbocycles. The lowest BCUT2D eigenvalue weighted by atomic mass is 10.1. The summed E-state index contributed by atoms with van der Waals surface area (Å²) in [5.74, 6) is -1.03. The molecule has 23 heavy (non-hydrogen) atoms. The number of hydrogen-bond acceptors (Lipinski definition) is 4. The number of carboxylic acids is 1. The topological polar surface area (TPSA) is 112 Å². The van der Waals surface area contributed by atoms with E-state index in [4.69, 9.17) is 5.11 Å². The van der Waals surface area contributed by atoms with Gasteiger partial charge in [0, 0.05) is 10.9 Å². The molecular formula is C16H10N4O3. The van der Waals surface area contributed by atoms with E-state index in [9.17, 15) is 9.59 Å². The van der Waals surface area contributed by atoms with Gasteiger partial charge in [-0.3, -0.25) is 4.79 Å². The summed E-state index contributed by atoms with van der Waals surface area (Å²) in [7, 11) is 0. The fraction of sp³-hybridized carbons (Fsp3) is 0. The number of aromatic carboxylic acids is 1. The molecule has 0 spiro atoms. The Morgan fingerprint density at radius 1 is 1.13 bits per heavy atom. The van der Waals surface area contributed by atoms with Crippen molar-refractivity contribution in [3.8, 4) is 11.3 Å². The van der Waals surface area contributed by atoms with Crippen molar-refractivity contribution in [3.63, 3.8) is 0 Å². The van der Waals surface area contributed by atoms with Crippen LogP contribution in [0.4, 0.5) is 0 Å². The maximum atomic E-state index is 11.7. The van der Waals surface area contributed by atoms with Crippen LogP contribution in [-0.2, 0) is 0 Å². The number of carbonyl (C=O) groups is 1. The lowest BCUT2D eigenvalue weighted by Crippen LogP contribution is -2.07. The molecule has 3 aromatic heterocycles. The van der Waals surface area contributed by atoms with E-state index in [0.717, 1.165) is 5.56 Å². The summed E-state index contributed by atoms with van der Waals surface area (Å²) >= 11 is 0. The molecule has 3 N–H and O–H groups in total. The van der Waals surface area contributed by atoms with Crippen LogP contribution in [0.2, 0.25) is 0 Å². The molecule has 0 atom stereocenters. The monoisotopic (exact) mass is 306 g/mol. The third kappa shape index (κ3) is 2.15. The summed E-state index contributed by atoms with van der Waals surface area (Å²) in [5.41, 5.74) is 2.60. The number of fused-ring (bicyclic) bond motifs is 2. The first-order valence-electron chi connectivity index (χ1n) is 6.83. The van der Waals surface area contributed by atoms with Gasteiger partial charge in [-0.2, -0.15) is 5.10 Å². The Hall–Kier alpha value is -3.48. The summed E-state index contributed by atoms with van der Waals surface area (Å²) in [5, 5.41) is 16.5. The lowest BCUT2D eigenvalue weighted by Gasteiger charge is -2.03. The number of rotatable bonds is 2. The van der Waals surface area contributed by atoms with Crippen molar-refractivity contribution in [1.29, 1.82) is 0 Å². The molecule has 112 valence electrons. The quantitative estimate of drug-likeness (QED) is 0.525. The molecule has 0 saturated heterocycles. The third-order valence-corrected chi connectivity index (χ3v) is 3.67. The highest BCUT2D eigenvalue weighted by atomic mass is 16.4. The summed E-state index contributed by atoms with van der Waals surface area (Å²) in [6.45, 7) is 0. The van der Waals surface area contributed by atoms with Crippen LogP contribution in [0.5, 0.6) is 0 Å². The molecule has 0 aliphatic carbocycles. The predicted octanol–water partition coefficient (Wildman–Crippen LogP) is 2.16. The van der Waals surface area contributed by atoms with Gasteiger partial charge in [-0.05, 0) is 30.3 Å². The lowest BCUT2D eigenvalue weighted by molar-refractivity contribution is 0.0691. The molecule has 0 radical (unpaired) electrons. The number of carboxylic acid groups (broad SMARTS) is 1. The van der Waals surface area contributed by atoms with Gasteiger partial charge in [0.25, 0.3) is 5.56 Å². The van der Waals surface area contributed by atoms with Crippen LogP contribution in [0.1, 0.15) is 10.5 Å². The van der Waals surface area contributed by atoms with E-state index in [1.807, 2.05) is 6.07 Å². The van der Waals surface area contributed by atoms with Gasteiger partial charge in [0.1, 0.15) is 5.69 Å². The van der Waals surface area contributed by atoms with Crippen LogP contribution in [0.15, 0.2) is 47.4 Å². The number of nitrogens with zero attached hydrogens (tertiary/aromatic N) is 2. The van der Waals surface area contributed by atoms with Crippen molar-refractivity contribution in [2.24, 2.45) is 0 Å². The van der Waals surface area contributed by atoms with Crippen molar-refractivity contribution in [2.75, 3.05) is 0 Å². The van der Waals surface area contributed by atoms with Gasteiger partial charge in [0.2, 0.25) is 0 Å². The zero-order valence-corrected chi connectivity index (χ0v) is 11.7. The molecule has 4 aromatic rings. The predicted molar refractivity (Wildman–Crippen MR) is 84.4 cm³/mol. The number of pyridine rings is 1. The molecule has 0 unspecified atom stereocenters. The minimum absolute atomic E-state index is 0.0962. The minimum atomic E-state index is -1.03. The van der Waals surface area contributed by atoms with E-state index in [1.54, 1.807) is 30.5 Å². The Labute approximate surface area is 128 Å². The van der Waals surface area contributed by atoms with Crippen molar-refractivity contribution in [2.45, 2.75) is 0 Å². The Balaban J connectivity index is 1.88. The van der Waals surface area contributed by atoms with Gasteiger partial charge in [0.05, 0.1) is 28.3 Å². The zero-order valence-electron chi connectivity index (χ0n) is 11.7. The fourth-order valence-electron chi connectivity index (χ4n) is 2.54. The smallest absolute Gasteiger partial charge is 0.352 e. The molecule has 0 aliphatic heterocycles. The highest BCUT2D eigenvalue weighted by molar-refractivity contribution is 5.93. The van der Waals surface area contributed by atoms with Crippen LogP contribution in [-0.4, -0.2) is 31.2 Å². The van der Waals surface area contributed by atoms with E-state index in [2.05, 4.69) is 20.2 Å². The van der Waals surface area contributed by atoms with Gasteiger partial charge >= 0.3 is 5.97 Å². The molecule has 0 fully saturated rings. The highest BCUT2D eigenvalue weighted by Gasteiger charge is 2.10. The third-order valence-electron chi connectivity index (χ3n) is 3.67. The number of benzene rings is 1. The van der Waals surface area contributed by atoms with E-state index in [1.165, 1.54) is 6.07 Å². The van der Waals surface area contributed by atoms with Gasteiger partial charge in [-0.25, -0.2) is 14.9 Å². The second-order valence-corrected chi connectivity index (χ2v) is 5.12. The van der Waals surface area contributed by atoms with Crippen molar-refractivity contribution in [1.82, 2.24) is 20.2 Å². The standard InChI is InChI=1S/C16H10N4O3/c21-15-10-2-1-8(5-9(10)7-17-20-15)11-3-4-12-13(18-11)6-14(19-12)16(22)23/h1-7,19H,(H,20,21)(H,22,23). The summed E-state index contributed by atoms with van der Waals surface area (Å²) in [6.07, 6.45) is 1.58. The Bertz CT molecular complexity index is 1130. The fourth-order valence-corrected chi connectivity index (χ4v) is 2.54. The van der Waals surface area contributed by atoms with Gasteiger partial charge in [-0.15, -0.1) is 0 Å². The number of aromatic nitrogens is 4. The number of H-pyrrole nitrogens is 2. The van der Waals surface area contributed by atoms with Crippen LogP contribution in [0.3, 0.4) is 0 Å². The molecule has 0 aliphatic rings. The zero-order chi connectivity index (χ0) is 16.0. The first-order valence-corrected chi connectivity index (χ1v) is 6.83. The maximum absolute atomic E-state index is 11.7. The van der Waals surface area contributed by atoms with E-state index >= 15 is 0 Å². The van der Waals surface area contributed by atoms with Crippen LogP contribution < -0.4 is 5.56 Å². The van der Waals surface area contributed by atoms with E-state index in [0.29, 0.717) is 27.5 Å². The Kier molecular flexibility index (Phi) is 2.74. The summed E-state index contributed by atoms with van der Waals surface area (Å²) in [4.78, 5) is 29.9. The normalized spacial score (nSPS) is 11.1. The first kappa shape index (κ1) is 13.2. The molecule has 0 bridgehead atoms. The second-order valence-electron chi connectivity index (χ2n) is 5.12. The van der Waals surface area contributed by atoms with Gasteiger partial charge in [0.15, 0.2) is 0 Å². The molecule has 0 saturated carbocycles. The van der Waals surface area contributed by atoms with Crippen LogP contribution >= 0.6 is 0 Å². The Morgan fingerprint density at radius 3 is 2.83 bits per heavy atom. The Morgan fingerprint density at radius 2 is 2.00 bits per heavy atom. The second kappa shape index (κ2) is 4.77. The number of hydrogen-bond donors (Lipinski definition) is 3. The first-order chi connectivity index (χ1) is 11.1. The molecule has 0 amide bonds. The van der Waals surface area contributed by atoms with Gasteiger partial charge in [-0.1, -0.05) is 6.07 Å². The molecule has 4 rings (SSSR count). The van der Waals surface area contributed by atoms with Crippen molar-refractivity contribution >= 4 is 27.8 Å². The largest absolute Gasteiger partial charge is 0.477 e. The van der Waals surface area contributed by atoms with E-state index < -0.39 is 5.97 Å². The molecular weight excluding hydrogens is 296 g/mol. The maximum Gasteiger partial charge on any atom is 0.352 e.